The SMILES string of the molecule is CC(C)(NC1CCC2(CCCC2)CC1)C(N)=O. The molecule has 3 N–H and O–H groups in total. The van der Waals surface area contributed by atoms with Crippen molar-refractivity contribution in [3.8, 4) is 0 Å². The van der Waals surface area contributed by atoms with Crippen molar-refractivity contribution in [2.24, 2.45) is 11.1 Å². The summed E-state index contributed by atoms with van der Waals surface area (Å²) < 4.78 is 0. The molecule has 1 amide bonds. The molecule has 2 aliphatic carbocycles. The quantitative estimate of drug-likeness (QED) is 0.793. The maximum Gasteiger partial charge on any atom is 0.237 e. The second kappa shape index (κ2) is 4.60. The highest BCUT2D eigenvalue weighted by atomic mass is 16.1. The van der Waals surface area contributed by atoms with E-state index in [0.717, 1.165) is 0 Å². The van der Waals surface area contributed by atoms with Gasteiger partial charge in [-0.2, -0.15) is 0 Å². The van der Waals surface area contributed by atoms with E-state index >= 15 is 0 Å². The molecule has 0 radical (unpaired) electrons. The normalized spacial score (nSPS) is 25.3. The van der Waals surface area contributed by atoms with E-state index in [1.807, 2.05) is 13.8 Å². The van der Waals surface area contributed by atoms with E-state index in [2.05, 4.69) is 5.32 Å². The molecule has 0 bridgehead atoms. The molecule has 0 aromatic carbocycles. The van der Waals surface area contributed by atoms with Crippen LogP contribution in [0, 0.1) is 5.41 Å². The van der Waals surface area contributed by atoms with Gasteiger partial charge in [-0.05, 0) is 57.8 Å². The predicted octanol–water partition coefficient (Wildman–Crippen LogP) is 2.34. The second-order valence-corrected chi connectivity index (χ2v) is 6.61. The minimum atomic E-state index is -0.565. The number of nitrogens with one attached hydrogen (secondary N) is 1. The smallest absolute Gasteiger partial charge is 0.237 e. The Morgan fingerprint density at radius 2 is 1.71 bits per heavy atom. The fourth-order valence-corrected chi connectivity index (χ4v) is 3.58. The van der Waals surface area contributed by atoms with Gasteiger partial charge in [-0.25, -0.2) is 0 Å². The Morgan fingerprint density at radius 3 is 2.18 bits per heavy atom. The van der Waals surface area contributed by atoms with Crippen LogP contribution in [0.3, 0.4) is 0 Å². The molecule has 2 rings (SSSR count). The molecular weight excluding hydrogens is 212 g/mol. The van der Waals surface area contributed by atoms with Gasteiger partial charge in [0, 0.05) is 6.04 Å². The van der Waals surface area contributed by atoms with E-state index in [9.17, 15) is 4.79 Å². The van der Waals surface area contributed by atoms with Crippen molar-refractivity contribution in [2.75, 3.05) is 0 Å². The molecule has 0 aliphatic heterocycles. The Balaban J connectivity index is 1.85. The summed E-state index contributed by atoms with van der Waals surface area (Å²) in [6.07, 6.45) is 10.8. The maximum absolute atomic E-state index is 11.3. The van der Waals surface area contributed by atoms with E-state index in [1.165, 1.54) is 51.4 Å². The third kappa shape index (κ3) is 2.82. The van der Waals surface area contributed by atoms with Crippen LogP contribution in [0.5, 0.6) is 0 Å². The van der Waals surface area contributed by atoms with E-state index in [-0.39, 0.29) is 5.91 Å². The molecule has 0 unspecified atom stereocenters. The lowest BCUT2D eigenvalue weighted by Gasteiger charge is -2.40. The second-order valence-electron chi connectivity index (χ2n) is 6.61. The van der Waals surface area contributed by atoms with Crippen molar-refractivity contribution in [1.29, 1.82) is 0 Å². The lowest BCUT2D eigenvalue weighted by molar-refractivity contribution is -0.123. The third-order valence-electron chi connectivity index (χ3n) is 4.89. The van der Waals surface area contributed by atoms with Gasteiger partial charge >= 0.3 is 0 Å². The molecule has 2 saturated carbocycles. The van der Waals surface area contributed by atoms with E-state index < -0.39 is 5.54 Å². The van der Waals surface area contributed by atoms with Crippen LogP contribution in [0.25, 0.3) is 0 Å². The Morgan fingerprint density at radius 1 is 1.18 bits per heavy atom. The summed E-state index contributed by atoms with van der Waals surface area (Å²) in [6, 6.07) is 0.476. The minimum Gasteiger partial charge on any atom is -0.368 e. The Bertz CT molecular complexity index is 283. The van der Waals surface area contributed by atoms with Crippen molar-refractivity contribution in [3.63, 3.8) is 0 Å². The molecular formula is C14H26N2O. The molecule has 17 heavy (non-hydrogen) atoms. The summed E-state index contributed by atoms with van der Waals surface area (Å²) in [5.41, 5.74) is 5.50. The van der Waals surface area contributed by atoms with Gasteiger partial charge in [0.2, 0.25) is 5.91 Å². The van der Waals surface area contributed by atoms with Gasteiger partial charge < -0.3 is 11.1 Å². The van der Waals surface area contributed by atoms with Crippen LogP contribution in [-0.4, -0.2) is 17.5 Å². The largest absolute Gasteiger partial charge is 0.368 e. The first-order chi connectivity index (χ1) is 7.94. The monoisotopic (exact) mass is 238 g/mol. The Kier molecular flexibility index (Phi) is 3.48. The number of primary amides is 1. The lowest BCUT2D eigenvalue weighted by atomic mass is 9.71. The van der Waals surface area contributed by atoms with Crippen LogP contribution in [0.15, 0.2) is 0 Å². The van der Waals surface area contributed by atoms with Crippen LogP contribution >= 0.6 is 0 Å². The van der Waals surface area contributed by atoms with Crippen molar-refractivity contribution in [3.05, 3.63) is 0 Å². The Labute approximate surface area is 105 Å². The number of amides is 1. The summed E-state index contributed by atoms with van der Waals surface area (Å²) in [6.45, 7) is 3.77. The first kappa shape index (κ1) is 12.9. The predicted molar refractivity (Wildman–Crippen MR) is 69.6 cm³/mol. The van der Waals surface area contributed by atoms with Gasteiger partial charge in [-0.1, -0.05) is 12.8 Å². The number of nitrogens with two attached hydrogens (primary N) is 1. The molecule has 0 saturated heterocycles. The number of hydrogen-bond donors (Lipinski definition) is 2. The topological polar surface area (TPSA) is 55.1 Å². The zero-order chi connectivity index (χ0) is 12.5. The number of carbonyl (C=O) groups is 1. The van der Waals surface area contributed by atoms with E-state index in [1.54, 1.807) is 0 Å². The van der Waals surface area contributed by atoms with Gasteiger partial charge in [0.1, 0.15) is 0 Å². The highest BCUT2D eigenvalue weighted by Gasteiger charge is 2.39. The highest BCUT2D eigenvalue weighted by molar-refractivity contribution is 5.83. The molecule has 0 aromatic rings. The number of rotatable bonds is 3. The van der Waals surface area contributed by atoms with Gasteiger partial charge in [0.05, 0.1) is 5.54 Å². The molecule has 2 fully saturated rings. The molecule has 1 spiro atoms. The van der Waals surface area contributed by atoms with Gasteiger partial charge in [0.25, 0.3) is 0 Å². The molecule has 3 heteroatoms. The third-order valence-corrected chi connectivity index (χ3v) is 4.89. The van der Waals surface area contributed by atoms with Crippen LogP contribution in [-0.2, 0) is 4.79 Å². The van der Waals surface area contributed by atoms with E-state index in [4.69, 9.17) is 5.73 Å². The van der Waals surface area contributed by atoms with Crippen molar-refractivity contribution < 1.29 is 4.79 Å². The van der Waals surface area contributed by atoms with Crippen LogP contribution in [0.1, 0.15) is 65.2 Å². The fraction of sp³-hybridized carbons (Fsp3) is 0.929. The minimum absolute atomic E-state index is 0.251. The first-order valence-corrected chi connectivity index (χ1v) is 7.01. The van der Waals surface area contributed by atoms with Gasteiger partial charge in [-0.15, -0.1) is 0 Å². The summed E-state index contributed by atoms with van der Waals surface area (Å²) in [4.78, 5) is 11.3. The summed E-state index contributed by atoms with van der Waals surface area (Å²) in [5, 5.41) is 3.43. The van der Waals surface area contributed by atoms with E-state index in [0.29, 0.717) is 11.5 Å². The zero-order valence-corrected chi connectivity index (χ0v) is 11.2. The maximum atomic E-state index is 11.3. The van der Waals surface area contributed by atoms with Crippen molar-refractivity contribution in [2.45, 2.75) is 76.8 Å². The molecule has 0 aromatic heterocycles. The average molecular weight is 238 g/mol. The fourth-order valence-electron chi connectivity index (χ4n) is 3.58. The Hall–Kier alpha value is -0.570. The summed E-state index contributed by atoms with van der Waals surface area (Å²) in [7, 11) is 0. The van der Waals surface area contributed by atoms with Crippen LogP contribution in [0.2, 0.25) is 0 Å². The van der Waals surface area contributed by atoms with Crippen LogP contribution in [0.4, 0.5) is 0 Å². The average Bonchev–Trinajstić information content (AvgIpc) is 2.70. The summed E-state index contributed by atoms with van der Waals surface area (Å²) >= 11 is 0. The first-order valence-electron chi connectivity index (χ1n) is 7.01. The number of hydrogen-bond acceptors (Lipinski definition) is 2. The molecule has 2 aliphatic rings. The lowest BCUT2D eigenvalue weighted by Crippen LogP contribution is -2.55. The molecule has 98 valence electrons. The summed E-state index contributed by atoms with van der Waals surface area (Å²) in [5.74, 6) is -0.251. The molecule has 0 atom stereocenters. The van der Waals surface area contributed by atoms with Gasteiger partial charge in [0.15, 0.2) is 0 Å². The zero-order valence-electron chi connectivity index (χ0n) is 11.2. The standard InChI is InChI=1S/C14H26N2O/c1-13(2,12(15)17)16-11-5-9-14(10-6-11)7-3-4-8-14/h11,16H,3-10H2,1-2H3,(H2,15,17). The van der Waals surface area contributed by atoms with Gasteiger partial charge in [-0.3, -0.25) is 4.79 Å². The number of carbonyl (C=O) groups excluding carboxylic acids is 1. The van der Waals surface area contributed by atoms with Crippen LogP contribution < -0.4 is 11.1 Å². The molecule has 0 heterocycles. The van der Waals surface area contributed by atoms with Crippen molar-refractivity contribution >= 4 is 5.91 Å². The van der Waals surface area contributed by atoms with Crippen molar-refractivity contribution in [1.82, 2.24) is 5.32 Å². The highest BCUT2D eigenvalue weighted by Crippen LogP contribution is 2.48. The molecule has 3 nitrogen and oxygen atoms in total.